The van der Waals surface area contributed by atoms with Crippen molar-refractivity contribution in [1.82, 2.24) is 19.9 Å². The molecule has 0 spiro atoms. The predicted molar refractivity (Wildman–Crippen MR) is 112 cm³/mol. The number of aromatic amines is 1. The Labute approximate surface area is 172 Å². The normalized spacial score (nSPS) is 14.9. The number of aromatic nitrogens is 3. The highest BCUT2D eigenvalue weighted by atomic mass is 19.1. The molecule has 1 saturated carbocycles. The molecule has 3 aromatic heterocycles. The van der Waals surface area contributed by atoms with E-state index in [1.54, 1.807) is 24.9 Å². The number of halogens is 1. The van der Waals surface area contributed by atoms with Crippen LogP contribution < -0.4 is 5.32 Å². The number of carbonyl (C=O) groups is 1. The summed E-state index contributed by atoms with van der Waals surface area (Å²) in [4.78, 5) is 26.8. The monoisotopic (exact) mass is 407 g/mol. The zero-order valence-electron chi connectivity index (χ0n) is 17.0. The molecule has 3 heterocycles. The summed E-state index contributed by atoms with van der Waals surface area (Å²) in [6.45, 7) is 4.23. The summed E-state index contributed by atoms with van der Waals surface area (Å²) in [5.74, 6) is 0.650. The van der Waals surface area contributed by atoms with Gasteiger partial charge in [-0.25, -0.2) is 14.4 Å². The first-order valence-electron chi connectivity index (χ1n) is 9.88. The van der Waals surface area contributed by atoms with Crippen molar-refractivity contribution in [1.29, 1.82) is 0 Å². The van der Waals surface area contributed by atoms with Crippen LogP contribution in [0.25, 0.3) is 22.0 Å². The number of H-pyrrole nitrogens is 1. The molecule has 1 aliphatic carbocycles. The van der Waals surface area contributed by atoms with Gasteiger partial charge in [0.05, 0.1) is 17.5 Å². The second kappa shape index (κ2) is 6.55. The highest BCUT2D eigenvalue weighted by Gasteiger charge is 2.38. The minimum Gasteiger partial charge on any atom is -0.442 e. The van der Waals surface area contributed by atoms with Gasteiger partial charge in [0.2, 0.25) is 5.71 Å². The van der Waals surface area contributed by atoms with Gasteiger partial charge in [-0.2, -0.15) is 0 Å². The number of amides is 1. The largest absolute Gasteiger partial charge is 0.442 e. The third-order valence-electron chi connectivity index (χ3n) is 5.69. The van der Waals surface area contributed by atoms with Crippen molar-refractivity contribution >= 4 is 33.7 Å². The van der Waals surface area contributed by atoms with Gasteiger partial charge in [-0.05, 0) is 51.0 Å². The molecule has 154 valence electrons. The van der Waals surface area contributed by atoms with Gasteiger partial charge >= 0.3 is 0 Å². The van der Waals surface area contributed by atoms with Gasteiger partial charge in [0.15, 0.2) is 0 Å². The maximum Gasteiger partial charge on any atom is 0.258 e. The molecule has 1 fully saturated rings. The van der Waals surface area contributed by atoms with Crippen molar-refractivity contribution in [2.24, 2.45) is 0 Å². The van der Waals surface area contributed by atoms with Gasteiger partial charge in [-0.3, -0.25) is 4.79 Å². The maximum atomic E-state index is 13.5. The van der Waals surface area contributed by atoms with E-state index < -0.39 is 0 Å². The van der Waals surface area contributed by atoms with E-state index in [1.807, 2.05) is 6.07 Å². The molecule has 5 rings (SSSR count). The number of nitrogens with one attached hydrogen (secondary N) is 2. The molecule has 0 radical (unpaired) electrons. The summed E-state index contributed by atoms with van der Waals surface area (Å²) in [7, 11) is 1.73. The number of furan rings is 1. The van der Waals surface area contributed by atoms with Crippen LogP contribution in [0.15, 0.2) is 35.0 Å². The zero-order valence-corrected chi connectivity index (χ0v) is 17.0. The summed E-state index contributed by atoms with van der Waals surface area (Å²) < 4.78 is 19.2. The second-order valence-electron chi connectivity index (χ2n) is 8.31. The van der Waals surface area contributed by atoms with E-state index in [0.717, 1.165) is 29.4 Å². The lowest BCUT2D eigenvalue weighted by Gasteiger charge is -2.17. The van der Waals surface area contributed by atoms with E-state index in [1.165, 1.54) is 18.5 Å². The molecule has 7 nitrogen and oxygen atoms in total. The Morgan fingerprint density at radius 1 is 1.33 bits per heavy atom. The number of nitrogens with zero attached hydrogens (tertiary/aromatic N) is 3. The summed E-state index contributed by atoms with van der Waals surface area (Å²) in [5.41, 5.74) is 2.50. The lowest BCUT2D eigenvalue weighted by Crippen LogP contribution is -2.27. The summed E-state index contributed by atoms with van der Waals surface area (Å²) in [5, 5.41) is 4.81. The number of anilines is 1. The van der Waals surface area contributed by atoms with Gasteiger partial charge < -0.3 is 19.6 Å². The Morgan fingerprint density at radius 2 is 2.13 bits per heavy atom. The Bertz CT molecular complexity index is 1290. The molecule has 0 unspecified atom stereocenters. The molecule has 8 heteroatoms. The van der Waals surface area contributed by atoms with E-state index in [9.17, 15) is 9.18 Å². The van der Waals surface area contributed by atoms with Crippen molar-refractivity contribution in [2.75, 3.05) is 12.4 Å². The van der Waals surface area contributed by atoms with Crippen molar-refractivity contribution in [3.63, 3.8) is 0 Å². The molecule has 0 saturated heterocycles. The van der Waals surface area contributed by atoms with Crippen LogP contribution in [-0.4, -0.2) is 38.3 Å². The molecule has 30 heavy (non-hydrogen) atoms. The molecule has 2 N–H and O–H groups in total. The predicted octanol–water partition coefficient (Wildman–Crippen LogP) is 4.39. The van der Waals surface area contributed by atoms with Crippen LogP contribution in [0.1, 0.15) is 41.6 Å². The SMILES string of the molecule is Cc1oc2ncnc(NC3(C)CC3)c2c1C(=O)N(C)Cc1cc2cc(F)ccc2[nH]1. The molecule has 1 aliphatic rings. The fourth-order valence-corrected chi connectivity index (χ4v) is 3.76. The minimum atomic E-state index is -0.289. The van der Waals surface area contributed by atoms with Crippen molar-refractivity contribution in [3.05, 3.63) is 53.4 Å². The molecular weight excluding hydrogens is 385 g/mol. The van der Waals surface area contributed by atoms with Crippen molar-refractivity contribution < 1.29 is 13.6 Å². The van der Waals surface area contributed by atoms with Crippen LogP contribution in [0, 0.1) is 12.7 Å². The van der Waals surface area contributed by atoms with Crippen LogP contribution in [0.4, 0.5) is 10.2 Å². The highest BCUT2D eigenvalue weighted by molar-refractivity contribution is 6.10. The summed E-state index contributed by atoms with van der Waals surface area (Å²) >= 11 is 0. The number of rotatable bonds is 5. The van der Waals surface area contributed by atoms with E-state index in [-0.39, 0.29) is 17.3 Å². The number of benzene rings is 1. The first-order chi connectivity index (χ1) is 14.3. The first-order valence-corrected chi connectivity index (χ1v) is 9.88. The van der Waals surface area contributed by atoms with E-state index in [2.05, 4.69) is 27.2 Å². The minimum absolute atomic E-state index is 0.00168. The van der Waals surface area contributed by atoms with Gasteiger partial charge in [0.25, 0.3) is 5.91 Å². The van der Waals surface area contributed by atoms with Crippen LogP contribution in [-0.2, 0) is 6.54 Å². The quantitative estimate of drug-likeness (QED) is 0.512. The van der Waals surface area contributed by atoms with Gasteiger partial charge in [-0.1, -0.05) is 0 Å². The van der Waals surface area contributed by atoms with Crippen molar-refractivity contribution in [2.45, 2.75) is 38.8 Å². The molecule has 0 atom stereocenters. The van der Waals surface area contributed by atoms with Gasteiger partial charge in [0, 0.05) is 29.2 Å². The second-order valence-corrected chi connectivity index (χ2v) is 8.31. The Morgan fingerprint density at radius 3 is 2.90 bits per heavy atom. The van der Waals surface area contributed by atoms with Crippen LogP contribution in [0.5, 0.6) is 0 Å². The fraction of sp³-hybridized carbons (Fsp3) is 0.318. The maximum absolute atomic E-state index is 13.5. The average Bonchev–Trinajstić information content (AvgIpc) is 3.13. The number of fused-ring (bicyclic) bond motifs is 2. The topological polar surface area (TPSA) is 87.1 Å². The lowest BCUT2D eigenvalue weighted by atomic mass is 10.1. The van der Waals surface area contributed by atoms with Gasteiger partial charge in [-0.15, -0.1) is 0 Å². The van der Waals surface area contributed by atoms with E-state index >= 15 is 0 Å². The zero-order chi connectivity index (χ0) is 21.0. The number of aryl methyl sites for hydroxylation is 1. The highest BCUT2D eigenvalue weighted by Crippen LogP contribution is 2.40. The number of hydrogen-bond donors (Lipinski definition) is 2. The molecule has 0 aliphatic heterocycles. The van der Waals surface area contributed by atoms with Crippen LogP contribution >= 0.6 is 0 Å². The number of carbonyl (C=O) groups excluding carboxylic acids is 1. The fourth-order valence-electron chi connectivity index (χ4n) is 3.76. The average molecular weight is 407 g/mol. The number of hydrogen-bond acceptors (Lipinski definition) is 5. The Hall–Kier alpha value is -3.42. The third-order valence-corrected chi connectivity index (χ3v) is 5.69. The molecular formula is C22H22FN5O2. The smallest absolute Gasteiger partial charge is 0.258 e. The van der Waals surface area contributed by atoms with Crippen LogP contribution in [0.3, 0.4) is 0 Å². The Kier molecular flexibility index (Phi) is 4.06. The molecule has 1 amide bonds. The summed E-state index contributed by atoms with van der Waals surface area (Å²) in [6.07, 6.45) is 3.56. The van der Waals surface area contributed by atoms with E-state index in [4.69, 9.17) is 4.42 Å². The van der Waals surface area contributed by atoms with Gasteiger partial charge in [0.1, 0.15) is 23.7 Å². The Balaban J connectivity index is 1.47. The standard InChI is InChI=1S/C22H22FN5O2/c1-12-17(18-19(27-22(2)6-7-22)24-11-25-20(18)30-12)21(29)28(3)10-15-9-13-8-14(23)4-5-16(13)26-15/h4-5,8-9,11,26H,6-7,10H2,1-3H3,(H,24,25,27). The molecule has 4 aromatic rings. The van der Waals surface area contributed by atoms with E-state index in [0.29, 0.717) is 34.8 Å². The third kappa shape index (κ3) is 3.18. The molecule has 1 aromatic carbocycles. The van der Waals surface area contributed by atoms with Crippen LogP contribution in [0.2, 0.25) is 0 Å². The first kappa shape index (κ1) is 18.6. The summed E-state index contributed by atoms with van der Waals surface area (Å²) in [6, 6.07) is 6.43. The molecule has 0 bridgehead atoms. The van der Waals surface area contributed by atoms with Crippen molar-refractivity contribution in [3.8, 4) is 0 Å². The lowest BCUT2D eigenvalue weighted by molar-refractivity contribution is 0.0783.